The smallest absolute Gasteiger partial charge is 0.103 e. The van der Waals surface area contributed by atoms with Crippen LogP contribution in [0.4, 0.5) is 5.69 Å². The quantitative estimate of drug-likeness (QED) is 0.781. The van der Waals surface area contributed by atoms with Crippen molar-refractivity contribution < 1.29 is 0 Å². The Morgan fingerprint density at radius 2 is 2.06 bits per heavy atom. The highest BCUT2D eigenvalue weighted by Gasteiger charge is 2.32. The number of benzene rings is 1. The average molecular weight is 264 g/mol. The summed E-state index contributed by atoms with van der Waals surface area (Å²) in [4.78, 5) is 4.60. The van der Waals surface area contributed by atoms with Gasteiger partial charge < -0.3 is 4.90 Å². The molecule has 1 fully saturated rings. The van der Waals surface area contributed by atoms with E-state index in [9.17, 15) is 5.26 Å². The summed E-state index contributed by atoms with van der Waals surface area (Å²) in [5.41, 5.74) is 1.64. The summed E-state index contributed by atoms with van der Waals surface area (Å²) in [6.07, 6.45) is 0. The van der Waals surface area contributed by atoms with E-state index in [4.69, 9.17) is 11.6 Å². The van der Waals surface area contributed by atoms with E-state index >= 15 is 0 Å². The Kier molecular flexibility index (Phi) is 3.52. The number of nitriles is 1. The Morgan fingerprint density at radius 3 is 2.67 bits per heavy atom. The molecule has 18 heavy (non-hydrogen) atoms. The van der Waals surface area contributed by atoms with Crippen molar-refractivity contribution in [1.82, 2.24) is 4.90 Å². The number of hydrogen-bond acceptors (Lipinski definition) is 3. The third kappa shape index (κ3) is 2.31. The molecule has 2 rings (SSSR count). The van der Waals surface area contributed by atoms with Gasteiger partial charge >= 0.3 is 0 Å². The van der Waals surface area contributed by atoms with Crippen molar-refractivity contribution in [2.75, 3.05) is 31.6 Å². The Balaban J connectivity index is 2.34. The molecule has 1 aliphatic rings. The third-order valence-electron chi connectivity index (χ3n) is 3.76. The zero-order valence-electron chi connectivity index (χ0n) is 11.1. The minimum absolute atomic E-state index is 0.104. The number of anilines is 1. The number of hydrogen-bond donors (Lipinski definition) is 0. The third-order valence-corrected chi connectivity index (χ3v) is 4.08. The summed E-state index contributed by atoms with van der Waals surface area (Å²) in [7, 11) is 2.14. The molecule has 0 aromatic heterocycles. The van der Waals surface area contributed by atoms with Crippen LogP contribution >= 0.6 is 11.6 Å². The van der Waals surface area contributed by atoms with Crippen molar-refractivity contribution >= 4 is 17.3 Å². The van der Waals surface area contributed by atoms with Gasteiger partial charge in [-0.2, -0.15) is 5.26 Å². The van der Waals surface area contributed by atoms with Crippen molar-refractivity contribution in [3.05, 3.63) is 28.8 Å². The van der Waals surface area contributed by atoms with Crippen molar-refractivity contribution in [3.8, 4) is 6.07 Å². The molecule has 1 aromatic carbocycles. The van der Waals surface area contributed by atoms with Gasteiger partial charge in [-0.15, -0.1) is 0 Å². The molecule has 0 radical (unpaired) electrons. The van der Waals surface area contributed by atoms with Crippen LogP contribution in [0.25, 0.3) is 0 Å². The molecule has 0 amide bonds. The van der Waals surface area contributed by atoms with E-state index in [1.165, 1.54) is 0 Å². The van der Waals surface area contributed by atoms with Crippen molar-refractivity contribution in [2.45, 2.75) is 19.4 Å². The minimum Gasteiger partial charge on any atom is -0.367 e. The maximum atomic E-state index is 9.24. The van der Waals surface area contributed by atoms with Crippen molar-refractivity contribution in [1.29, 1.82) is 5.26 Å². The molecule has 1 aromatic rings. The lowest BCUT2D eigenvalue weighted by atomic mass is 9.98. The molecule has 96 valence electrons. The predicted molar refractivity (Wildman–Crippen MR) is 75.1 cm³/mol. The van der Waals surface area contributed by atoms with Gasteiger partial charge in [-0.05, 0) is 33.0 Å². The van der Waals surface area contributed by atoms with E-state index in [1.54, 1.807) is 6.07 Å². The second-order valence-electron chi connectivity index (χ2n) is 5.40. The summed E-state index contributed by atoms with van der Waals surface area (Å²) >= 11 is 6.09. The van der Waals surface area contributed by atoms with Crippen LogP contribution in [0, 0.1) is 11.3 Å². The van der Waals surface area contributed by atoms with Gasteiger partial charge in [0, 0.05) is 25.2 Å². The Labute approximate surface area is 114 Å². The predicted octanol–water partition coefficient (Wildman–Crippen LogP) is 2.74. The molecular weight excluding hydrogens is 246 g/mol. The van der Waals surface area contributed by atoms with Gasteiger partial charge in [0.1, 0.15) is 6.07 Å². The fourth-order valence-corrected chi connectivity index (χ4v) is 2.54. The van der Waals surface area contributed by atoms with Gasteiger partial charge in [-0.25, -0.2) is 0 Å². The van der Waals surface area contributed by atoms with Crippen LogP contribution < -0.4 is 4.90 Å². The highest BCUT2D eigenvalue weighted by atomic mass is 35.5. The number of piperazine rings is 1. The van der Waals surface area contributed by atoms with E-state index < -0.39 is 0 Å². The monoisotopic (exact) mass is 263 g/mol. The van der Waals surface area contributed by atoms with E-state index in [2.05, 4.69) is 36.8 Å². The highest BCUT2D eigenvalue weighted by molar-refractivity contribution is 6.32. The largest absolute Gasteiger partial charge is 0.367 e. The Morgan fingerprint density at radius 1 is 1.33 bits per heavy atom. The fraction of sp³-hybridized carbons (Fsp3) is 0.500. The van der Waals surface area contributed by atoms with Crippen LogP contribution in [-0.2, 0) is 0 Å². The first kappa shape index (κ1) is 13.2. The second kappa shape index (κ2) is 4.79. The van der Waals surface area contributed by atoms with Gasteiger partial charge in [0.2, 0.25) is 0 Å². The topological polar surface area (TPSA) is 30.3 Å². The van der Waals surface area contributed by atoms with Gasteiger partial charge in [0.25, 0.3) is 0 Å². The average Bonchev–Trinajstić information content (AvgIpc) is 2.32. The van der Waals surface area contributed by atoms with E-state index in [1.807, 2.05) is 12.1 Å². The summed E-state index contributed by atoms with van der Waals surface area (Å²) in [6, 6.07) is 7.87. The van der Waals surface area contributed by atoms with Gasteiger partial charge in [-0.3, -0.25) is 4.90 Å². The number of nitrogens with zero attached hydrogens (tertiary/aromatic N) is 3. The van der Waals surface area contributed by atoms with E-state index in [-0.39, 0.29) is 5.54 Å². The molecule has 1 heterocycles. The van der Waals surface area contributed by atoms with Crippen LogP contribution in [0.3, 0.4) is 0 Å². The SMILES string of the molecule is CN1CCN(c2cccc(Cl)c2C#N)CC1(C)C. The van der Waals surface area contributed by atoms with Gasteiger partial charge in [0.05, 0.1) is 16.3 Å². The number of likely N-dealkylation sites (N-methyl/N-ethyl adjacent to an activating group) is 1. The molecule has 3 nitrogen and oxygen atoms in total. The molecule has 0 saturated carbocycles. The van der Waals surface area contributed by atoms with Crippen molar-refractivity contribution in [2.24, 2.45) is 0 Å². The molecule has 0 unspecified atom stereocenters. The Hall–Kier alpha value is -1.24. The lowest BCUT2D eigenvalue weighted by Gasteiger charge is -2.46. The van der Waals surface area contributed by atoms with Crippen LogP contribution in [0.1, 0.15) is 19.4 Å². The van der Waals surface area contributed by atoms with Crippen LogP contribution in [0.5, 0.6) is 0 Å². The summed E-state index contributed by atoms with van der Waals surface area (Å²) in [5.74, 6) is 0. The molecular formula is C14H18ClN3. The maximum Gasteiger partial charge on any atom is 0.103 e. The normalized spacial score (nSPS) is 19.6. The van der Waals surface area contributed by atoms with E-state index in [0.717, 1.165) is 25.3 Å². The second-order valence-corrected chi connectivity index (χ2v) is 5.81. The molecule has 0 bridgehead atoms. The summed E-state index contributed by atoms with van der Waals surface area (Å²) in [6.45, 7) is 7.25. The number of rotatable bonds is 1. The minimum atomic E-state index is 0.104. The maximum absolute atomic E-state index is 9.24. The summed E-state index contributed by atoms with van der Waals surface area (Å²) in [5, 5.41) is 9.77. The summed E-state index contributed by atoms with van der Waals surface area (Å²) < 4.78 is 0. The molecule has 0 atom stereocenters. The fourth-order valence-electron chi connectivity index (χ4n) is 2.33. The first-order valence-corrected chi connectivity index (χ1v) is 6.48. The molecule has 0 aliphatic carbocycles. The molecule has 0 N–H and O–H groups in total. The first-order valence-electron chi connectivity index (χ1n) is 6.10. The number of halogens is 1. The molecule has 1 aliphatic heterocycles. The first-order chi connectivity index (χ1) is 8.45. The van der Waals surface area contributed by atoms with Crippen LogP contribution in [0.15, 0.2) is 18.2 Å². The highest BCUT2D eigenvalue weighted by Crippen LogP contribution is 2.30. The van der Waals surface area contributed by atoms with Gasteiger partial charge in [-0.1, -0.05) is 17.7 Å². The standard InChI is InChI=1S/C14H18ClN3/c1-14(2)10-18(8-7-17(14)3)13-6-4-5-12(15)11(13)9-16/h4-6H,7-8,10H2,1-3H3. The zero-order valence-corrected chi connectivity index (χ0v) is 11.8. The van der Waals surface area contributed by atoms with Crippen LogP contribution in [-0.4, -0.2) is 37.1 Å². The lowest BCUT2D eigenvalue weighted by molar-refractivity contribution is 0.139. The van der Waals surface area contributed by atoms with Crippen LogP contribution in [0.2, 0.25) is 5.02 Å². The van der Waals surface area contributed by atoms with Gasteiger partial charge in [0.15, 0.2) is 0 Å². The molecule has 0 spiro atoms. The lowest BCUT2D eigenvalue weighted by Crippen LogP contribution is -2.57. The van der Waals surface area contributed by atoms with Crippen molar-refractivity contribution in [3.63, 3.8) is 0 Å². The Bertz CT molecular complexity index is 490. The molecule has 4 heteroatoms. The zero-order chi connectivity index (χ0) is 13.3. The van der Waals surface area contributed by atoms with E-state index in [0.29, 0.717) is 10.6 Å². The molecule has 1 saturated heterocycles.